The minimum absolute atomic E-state index is 0.571. The Morgan fingerprint density at radius 1 is 1.54 bits per heavy atom. The zero-order chi connectivity index (χ0) is 9.68. The lowest BCUT2D eigenvalue weighted by Gasteiger charge is -2.11. The molecule has 1 unspecified atom stereocenters. The van der Waals surface area contributed by atoms with Crippen LogP contribution in [0.4, 0.5) is 0 Å². The van der Waals surface area contributed by atoms with Crippen LogP contribution < -0.4 is 5.32 Å². The number of hydrogen-bond acceptors (Lipinski definition) is 2. The number of hydrogen-bond donors (Lipinski definition) is 1. The van der Waals surface area contributed by atoms with Gasteiger partial charge in [-0.15, -0.1) is 0 Å². The molecular formula is C11H18N2. The van der Waals surface area contributed by atoms with Crippen molar-refractivity contribution < 1.29 is 0 Å². The van der Waals surface area contributed by atoms with Crippen molar-refractivity contribution in [1.29, 1.82) is 0 Å². The van der Waals surface area contributed by atoms with Crippen LogP contribution in [0.3, 0.4) is 0 Å². The van der Waals surface area contributed by atoms with Gasteiger partial charge in [-0.05, 0) is 31.9 Å². The predicted octanol–water partition coefficient (Wildman–Crippen LogP) is 2.28. The Bertz CT molecular complexity index is 258. The fourth-order valence-corrected chi connectivity index (χ4v) is 1.12. The van der Waals surface area contributed by atoms with Crippen molar-refractivity contribution in [2.24, 2.45) is 0 Å². The average molecular weight is 178 g/mol. The van der Waals surface area contributed by atoms with Crippen LogP contribution in [0.25, 0.3) is 0 Å². The third kappa shape index (κ3) is 3.15. The van der Waals surface area contributed by atoms with E-state index in [2.05, 4.69) is 37.1 Å². The van der Waals surface area contributed by atoms with Gasteiger partial charge in [-0.2, -0.15) is 0 Å². The van der Waals surface area contributed by atoms with E-state index in [0.717, 1.165) is 18.7 Å². The quantitative estimate of drug-likeness (QED) is 0.765. The first kappa shape index (κ1) is 10.2. The van der Waals surface area contributed by atoms with Gasteiger partial charge < -0.3 is 5.32 Å². The van der Waals surface area contributed by atoms with Crippen LogP contribution in [0, 0.1) is 6.92 Å². The molecule has 0 aliphatic heterocycles. The molecule has 1 heterocycles. The minimum atomic E-state index is 0.571. The molecule has 0 aliphatic carbocycles. The van der Waals surface area contributed by atoms with Gasteiger partial charge >= 0.3 is 0 Å². The van der Waals surface area contributed by atoms with Crippen molar-refractivity contribution in [3.8, 4) is 0 Å². The summed E-state index contributed by atoms with van der Waals surface area (Å²) >= 11 is 0. The first-order valence-corrected chi connectivity index (χ1v) is 4.88. The summed E-state index contributed by atoms with van der Waals surface area (Å²) in [5.41, 5.74) is 2.42. The van der Waals surface area contributed by atoms with Gasteiger partial charge in [0, 0.05) is 18.8 Å². The van der Waals surface area contributed by atoms with Crippen molar-refractivity contribution in [1.82, 2.24) is 10.3 Å². The van der Waals surface area contributed by atoms with E-state index in [0.29, 0.717) is 6.04 Å². The summed E-state index contributed by atoms with van der Waals surface area (Å²) in [5, 5.41) is 3.43. The summed E-state index contributed by atoms with van der Waals surface area (Å²) in [6.45, 7) is 7.35. The molecular weight excluding hydrogens is 160 g/mol. The zero-order valence-corrected chi connectivity index (χ0v) is 8.67. The Kier molecular flexibility index (Phi) is 3.90. The highest BCUT2D eigenvalue weighted by molar-refractivity contribution is 5.17. The average Bonchev–Trinajstić information content (AvgIpc) is 2.16. The SMILES string of the molecule is CCC(C)NCc1ncccc1C. The third-order valence-electron chi connectivity index (χ3n) is 2.35. The zero-order valence-electron chi connectivity index (χ0n) is 8.67. The highest BCUT2D eigenvalue weighted by Gasteiger charge is 2.00. The van der Waals surface area contributed by atoms with Gasteiger partial charge in [0.15, 0.2) is 0 Å². The molecule has 1 N–H and O–H groups in total. The predicted molar refractivity (Wildman–Crippen MR) is 55.6 cm³/mol. The molecule has 13 heavy (non-hydrogen) atoms. The molecule has 0 saturated heterocycles. The molecule has 1 aromatic heterocycles. The van der Waals surface area contributed by atoms with Gasteiger partial charge in [-0.3, -0.25) is 4.98 Å². The summed E-state index contributed by atoms with van der Waals surface area (Å²) in [6.07, 6.45) is 3.01. The standard InChI is InChI=1S/C11H18N2/c1-4-10(3)13-8-11-9(2)6-5-7-12-11/h5-7,10,13H,4,8H2,1-3H3. The number of aryl methyl sites for hydroxylation is 1. The fraction of sp³-hybridized carbons (Fsp3) is 0.545. The second-order valence-corrected chi connectivity index (χ2v) is 3.46. The highest BCUT2D eigenvalue weighted by Crippen LogP contribution is 2.03. The molecule has 1 aromatic rings. The molecule has 0 aromatic carbocycles. The van der Waals surface area contributed by atoms with E-state index in [-0.39, 0.29) is 0 Å². The molecule has 2 nitrogen and oxygen atoms in total. The molecule has 0 amide bonds. The van der Waals surface area contributed by atoms with Crippen LogP contribution in [0.1, 0.15) is 31.5 Å². The summed E-state index contributed by atoms with van der Waals surface area (Å²) < 4.78 is 0. The second-order valence-electron chi connectivity index (χ2n) is 3.46. The lowest BCUT2D eigenvalue weighted by molar-refractivity contribution is 0.528. The van der Waals surface area contributed by atoms with E-state index >= 15 is 0 Å². The number of rotatable bonds is 4. The molecule has 0 bridgehead atoms. The monoisotopic (exact) mass is 178 g/mol. The molecule has 0 spiro atoms. The molecule has 0 aliphatic rings. The highest BCUT2D eigenvalue weighted by atomic mass is 14.9. The van der Waals surface area contributed by atoms with E-state index in [4.69, 9.17) is 0 Å². The van der Waals surface area contributed by atoms with E-state index in [9.17, 15) is 0 Å². The number of nitrogens with zero attached hydrogens (tertiary/aromatic N) is 1. The first-order valence-electron chi connectivity index (χ1n) is 4.88. The summed E-state index contributed by atoms with van der Waals surface area (Å²) in [6, 6.07) is 4.64. The van der Waals surface area contributed by atoms with Gasteiger partial charge in [-0.25, -0.2) is 0 Å². The van der Waals surface area contributed by atoms with Crippen molar-refractivity contribution in [2.45, 2.75) is 39.8 Å². The van der Waals surface area contributed by atoms with E-state index < -0.39 is 0 Å². The minimum Gasteiger partial charge on any atom is -0.309 e. The molecule has 1 atom stereocenters. The largest absolute Gasteiger partial charge is 0.309 e. The smallest absolute Gasteiger partial charge is 0.0570 e. The van der Waals surface area contributed by atoms with Crippen LogP contribution >= 0.6 is 0 Å². The van der Waals surface area contributed by atoms with Crippen molar-refractivity contribution >= 4 is 0 Å². The first-order chi connectivity index (χ1) is 6.24. The van der Waals surface area contributed by atoms with Gasteiger partial charge in [0.2, 0.25) is 0 Å². The van der Waals surface area contributed by atoms with Crippen LogP contribution in [-0.4, -0.2) is 11.0 Å². The van der Waals surface area contributed by atoms with Crippen molar-refractivity contribution in [2.75, 3.05) is 0 Å². The lowest BCUT2D eigenvalue weighted by atomic mass is 10.2. The Morgan fingerprint density at radius 3 is 2.92 bits per heavy atom. The number of nitrogens with one attached hydrogen (secondary N) is 1. The maximum Gasteiger partial charge on any atom is 0.0570 e. The molecule has 0 saturated carbocycles. The van der Waals surface area contributed by atoms with E-state index in [1.165, 1.54) is 5.56 Å². The van der Waals surface area contributed by atoms with Crippen LogP contribution in [0.15, 0.2) is 18.3 Å². The molecule has 0 radical (unpaired) electrons. The van der Waals surface area contributed by atoms with E-state index in [1.807, 2.05) is 12.3 Å². The van der Waals surface area contributed by atoms with Crippen LogP contribution in [0.2, 0.25) is 0 Å². The Balaban J connectivity index is 2.50. The maximum absolute atomic E-state index is 4.32. The number of pyridine rings is 1. The van der Waals surface area contributed by atoms with E-state index in [1.54, 1.807) is 0 Å². The van der Waals surface area contributed by atoms with Crippen LogP contribution in [0.5, 0.6) is 0 Å². The van der Waals surface area contributed by atoms with Gasteiger partial charge in [0.05, 0.1) is 5.69 Å². The molecule has 2 heteroatoms. The second kappa shape index (κ2) is 4.97. The van der Waals surface area contributed by atoms with Gasteiger partial charge in [0.1, 0.15) is 0 Å². The van der Waals surface area contributed by atoms with Crippen molar-refractivity contribution in [3.05, 3.63) is 29.6 Å². The molecule has 0 fully saturated rings. The topological polar surface area (TPSA) is 24.9 Å². The Labute approximate surface area is 80.4 Å². The fourth-order valence-electron chi connectivity index (χ4n) is 1.12. The number of aromatic nitrogens is 1. The Hall–Kier alpha value is -0.890. The lowest BCUT2D eigenvalue weighted by Crippen LogP contribution is -2.25. The van der Waals surface area contributed by atoms with Gasteiger partial charge in [0.25, 0.3) is 0 Å². The normalized spacial score (nSPS) is 12.8. The molecule has 72 valence electrons. The maximum atomic E-state index is 4.32. The molecule has 1 rings (SSSR count). The Morgan fingerprint density at radius 2 is 2.31 bits per heavy atom. The van der Waals surface area contributed by atoms with Crippen LogP contribution in [-0.2, 0) is 6.54 Å². The summed E-state index contributed by atoms with van der Waals surface area (Å²) in [5.74, 6) is 0. The summed E-state index contributed by atoms with van der Waals surface area (Å²) in [7, 11) is 0. The van der Waals surface area contributed by atoms with Gasteiger partial charge in [-0.1, -0.05) is 13.0 Å². The van der Waals surface area contributed by atoms with Crippen molar-refractivity contribution in [3.63, 3.8) is 0 Å². The summed E-state index contributed by atoms with van der Waals surface area (Å²) in [4.78, 5) is 4.32. The third-order valence-corrected chi connectivity index (χ3v) is 2.35.